The zero-order valence-corrected chi connectivity index (χ0v) is 11.4. The summed E-state index contributed by atoms with van der Waals surface area (Å²) in [5.74, 6) is -2.58. The van der Waals surface area contributed by atoms with E-state index in [9.17, 15) is 14.4 Å². The third-order valence-electron chi connectivity index (χ3n) is 3.35. The molecule has 2 amide bonds. The van der Waals surface area contributed by atoms with Gasteiger partial charge in [0.15, 0.2) is 0 Å². The predicted molar refractivity (Wildman–Crippen MR) is 76.0 cm³/mol. The molecule has 1 aromatic carbocycles. The number of amides is 2. The molecular formula is C14H17N3O4. The van der Waals surface area contributed by atoms with E-state index in [0.717, 1.165) is 30.6 Å². The van der Waals surface area contributed by atoms with Crippen LogP contribution < -0.4 is 16.4 Å². The number of nitrogens with two attached hydrogens (primary N) is 1. The predicted octanol–water partition coefficient (Wildman–Crippen LogP) is 0.103. The van der Waals surface area contributed by atoms with E-state index >= 15 is 0 Å². The number of carboxylic acids is 1. The zero-order valence-electron chi connectivity index (χ0n) is 11.4. The molecule has 0 fully saturated rings. The van der Waals surface area contributed by atoms with Crippen LogP contribution >= 0.6 is 0 Å². The van der Waals surface area contributed by atoms with E-state index in [1.807, 2.05) is 6.07 Å². The van der Waals surface area contributed by atoms with Crippen molar-refractivity contribution in [3.05, 3.63) is 29.3 Å². The molecule has 1 aliphatic rings. The van der Waals surface area contributed by atoms with Crippen LogP contribution in [-0.4, -0.2) is 35.5 Å². The second-order valence-corrected chi connectivity index (χ2v) is 4.90. The highest BCUT2D eigenvalue weighted by atomic mass is 16.4. The zero-order chi connectivity index (χ0) is 15.4. The fraction of sp³-hybridized carbons (Fsp3) is 0.357. The van der Waals surface area contributed by atoms with Gasteiger partial charge in [-0.05, 0) is 30.5 Å². The Morgan fingerprint density at radius 2 is 2.14 bits per heavy atom. The smallest absolute Gasteiger partial charge is 0.326 e. The Labute approximate surface area is 121 Å². The summed E-state index contributed by atoms with van der Waals surface area (Å²) < 4.78 is 0. The van der Waals surface area contributed by atoms with Crippen LogP contribution in [0.2, 0.25) is 0 Å². The van der Waals surface area contributed by atoms with Gasteiger partial charge in [0.05, 0.1) is 6.42 Å². The monoisotopic (exact) mass is 291 g/mol. The van der Waals surface area contributed by atoms with Crippen LogP contribution in [0.1, 0.15) is 28.8 Å². The number of hydrogen-bond donors (Lipinski definition) is 4. The summed E-state index contributed by atoms with van der Waals surface area (Å²) >= 11 is 0. The van der Waals surface area contributed by atoms with Crippen molar-refractivity contribution >= 4 is 23.5 Å². The highest BCUT2D eigenvalue weighted by Gasteiger charge is 2.25. The topological polar surface area (TPSA) is 122 Å². The molecule has 0 aromatic heterocycles. The SMILES string of the molecule is NC(=O)CC(NC(=O)c1cccc2c1CCCN2)C(=O)O. The second kappa shape index (κ2) is 6.25. The van der Waals surface area contributed by atoms with E-state index in [2.05, 4.69) is 10.6 Å². The van der Waals surface area contributed by atoms with Crippen LogP contribution in [0.5, 0.6) is 0 Å². The lowest BCUT2D eigenvalue weighted by atomic mass is 9.97. The van der Waals surface area contributed by atoms with Crippen molar-refractivity contribution in [3.8, 4) is 0 Å². The average Bonchev–Trinajstić information content (AvgIpc) is 2.45. The van der Waals surface area contributed by atoms with Crippen molar-refractivity contribution in [3.63, 3.8) is 0 Å². The Balaban J connectivity index is 2.20. The maximum atomic E-state index is 12.3. The Hall–Kier alpha value is -2.57. The van der Waals surface area contributed by atoms with Crippen LogP contribution in [0.15, 0.2) is 18.2 Å². The Morgan fingerprint density at radius 3 is 2.81 bits per heavy atom. The van der Waals surface area contributed by atoms with Gasteiger partial charge in [0.2, 0.25) is 5.91 Å². The van der Waals surface area contributed by atoms with Gasteiger partial charge in [-0.15, -0.1) is 0 Å². The largest absolute Gasteiger partial charge is 0.480 e. The molecule has 0 saturated heterocycles. The summed E-state index contributed by atoms with van der Waals surface area (Å²) in [6.45, 7) is 0.845. The molecule has 1 unspecified atom stereocenters. The first kappa shape index (κ1) is 14.8. The van der Waals surface area contributed by atoms with Gasteiger partial charge in [-0.25, -0.2) is 4.79 Å². The molecule has 0 bridgehead atoms. The molecule has 1 atom stereocenters. The van der Waals surface area contributed by atoms with Crippen molar-refractivity contribution < 1.29 is 19.5 Å². The van der Waals surface area contributed by atoms with Crippen LogP contribution in [0.4, 0.5) is 5.69 Å². The minimum Gasteiger partial charge on any atom is -0.480 e. The van der Waals surface area contributed by atoms with E-state index < -0.39 is 30.2 Å². The molecule has 0 spiro atoms. The Morgan fingerprint density at radius 1 is 1.38 bits per heavy atom. The lowest BCUT2D eigenvalue weighted by molar-refractivity contribution is -0.140. The van der Waals surface area contributed by atoms with E-state index in [1.165, 1.54) is 0 Å². The highest BCUT2D eigenvalue weighted by Crippen LogP contribution is 2.25. The third-order valence-corrected chi connectivity index (χ3v) is 3.35. The normalized spacial score (nSPS) is 14.5. The third kappa shape index (κ3) is 3.50. The summed E-state index contributed by atoms with van der Waals surface area (Å²) in [6, 6.07) is 3.94. The number of hydrogen-bond acceptors (Lipinski definition) is 4. The molecule has 1 aromatic rings. The number of carboxylic acid groups (broad SMARTS) is 1. The number of nitrogens with one attached hydrogen (secondary N) is 2. The molecule has 112 valence electrons. The van der Waals surface area contributed by atoms with E-state index in [1.54, 1.807) is 12.1 Å². The number of rotatable bonds is 5. The number of anilines is 1. The standard InChI is InChI=1S/C14H17N3O4/c15-12(18)7-11(14(20)21)17-13(19)9-3-1-5-10-8(9)4-2-6-16-10/h1,3,5,11,16H,2,4,6-7H2,(H2,15,18)(H,17,19)(H,20,21). The van der Waals surface area contributed by atoms with Gasteiger partial charge in [-0.1, -0.05) is 6.07 Å². The van der Waals surface area contributed by atoms with Gasteiger partial charge < -0.3 is 21.5 Å². The molecule has 7 heteroatoms. The van der Waals surface area contributed by atoms with Crippen molar-refractivity contribution in [2.24, 2.45) is 5.73 Å². The minimum atomic E-state index is -1.32. The van der Waals surface area contributed by atoms with Crippen molar-refractivity contribution in [1.29, 1.82) is 0 Å². The van der Waals surface area contributed by atoms with E-state index in [-0.39, 0.29) is 0 Å². The van der Waals surface area contributed by atoms with E-state index in [0.29, 0.717) is 5.56 Å². The van der Waals surface area contributed by atoms with Gasteiger partial charge in [0.1, 0.15) is 6.04 Å². The molecule has 1 heterocycles. The fourth-order valence-electron chi connectivity index (χ4n) is 2.36. The van der Waals surface area contributed by atoms with Crippen molar-refractivity contribution in [2.75, 3.05) is 11.9 Å². The van der Waals surface area contributed by atoms with Gasteiger partial charge in [0.25, 0.3) is 5.91 Å². The highest BCUT2D eigenvalue weighted by molar-refractivity contribution is 6.00. The molecule has 5 N–H and O–H groups in total. The maximum absolute atomic E-state index is 12.3. The van der Waals surface area contributed by atoms with Gasteiger partial charge >= 0.3 is 5.97 Å². The van der Waals surface area contributed by atoms with Crippen LogP contribution in [-0.2, 0) is 16.0 Å². The second-order valence-electron chi connectivity index (χ2n) is 4.90. The lowest BCUT2D eigenvalue weighted by Crippen LogP contribution is -2.43. The van der Waals surface area contributed by atoms with Crippen LogP contribution in [0, 0.1) is 0 Å². The summed E-state index contributed by atoms with van der Waals surface area (Å²) in [5, 5.41) is 14.6. The molecule has 2 rings (SSSR count). The lowest BCUT2D eigenvalue weighted by Gasteiger charge is -2.21. The number of fused-ring (bicyclic) bond motifs is 1. The van der Waals surface area contributed by atoms with E-state index in [4.69, 9.17) is 10.8 Å². The number of aliphatic carboxylic acids is 1. The van der Waals surface area contributed by atoms with Crippen molar-refractivity contribution in [2.45, 2.75) is 25.3 Å². The number of benzene rings is 1. The van der Waals surface area contributed by atoms with Crippen molar-refractivity contribution in [1.82, 2.24) is 5.32 Å². The molecule has 21 heavy (non-hydrogen) atoms. The average molecular weight is 291 g/mol. The summed E-state index contributed by atoms with van der Waals surface area (Å²) in [5.41, 5.74) is 7.17. The summed E-state index contributed by atoms with van der Waals surface area (Å²) in [7, 11) is 0. The first-order valence-electron chi connectivity index (χ1n) is 6.66. The van der Waals surface area contributed by atoms with Gasteiger partial charge in [0, 0.05) is 17.8 Å². The Bertz CT molecular complexity index is 586. The van der Waals surface area contributed by atoms with Crippen LogP contribution in [0.3, 0.4) is 0 Å². The Kier molecular flexibility index (Phi) is 4.42. The number of primary amides is 1. The number of carbonyl (C=O) groups is 3. The quantitative estimate of drug-likeness (QED) is 0.613. The van der Waals surface area contributed by atoms with Crippen LogP contribution in [0.25, 0.3) is 0 Å². The number of carbonyl (C=O) groups excluding carboxylic acids is 2. The molecule has 7 nitrogen and oxygen atoms in total. The first-order chi connectivity index (χ1) is 9.99. The van der Waals surface area contributed by atoms with Gasteiger partial charge in [-0.2, -0.15) is 0 Å². The molecule has 0 aliphatic carbocycles. The van der Waals surface area contributed by atoms with Gasteiger partial charge in [-0.3, -0.25) is 9.59 Å². The molecular weight excluding hydrogens is 274 g/mol. The molecule has 1 aliphatic heterocycles. The maximum Gasteiger partial charge on any atom is 0.326 e. The summed E-state index contributed by atoms with van der Waals surface area (Å²) in [4.78, 5) is 34.2. The summed E-state index contributed by atoms with van der Waals surface area (Å²) in [6.07, 6.45) is 1.22. The first-order valence-corrected chi connectivity index (χ1v) is 6.66. The molecule has 0 radical (unpaired) electrons. The fourth-order valence-corrected chi connectivity index (χ4v) is 2.36. The molecule has 0 saturated carbocycles. The minimum absolute atomic E-state index is 0.426.